The Balaban J connectivity index is 1.33. The maximum absolute atomic E-state index is 14.2. The maximum atomic E-state index is 14.2. The van der Waals surface area contributed by atoms with Crippen molar-refractivity contribution in [3.63, 3.8) is 0 Å². The van der Waals surface area contributed by atoms with E-state index in [1.54, 1.807) is 0 Å². The molecule has 3 aliphatic rings. The lowest BCUT2D eigenvalue weighted by atomic mass is 9.96. The fourth-order valence-corrected chi connectivity index (χ4v) is 4.24. The zero-order chi connectivity index (χ0) is 20.7. The van der Waals surface area contributed by atoms with Crippen LogP contribution in [0.2, 0.25) is 0 Å². The van der Waals surface area contributed by atoms with Crippen molar-refractivity contribution in [1.29, 1.82) is 0 Å². The molecule has 1 aliphatic carbocycles. The number of para-hydroxylation sites is 1. The summed E-state index contributed by atoms with van der Waals surface area (Å²) in [4.78, 5) is 14.8. The predicted octanol–water partition coefficient (Wildman–Crippen LogP) is 4.53. The molecule has 2 aromatic carbocycles. The fraction of sp³-hybridized carbons (Fsp3) is 0.435. The molecular weight excluding hydrogens is 390 g/mol. The Morgan fingerprint density at radius 3 is 2.70 bits per heavy atom. The molecule has 1 N–H and O–H groups in total. The summed E-state index contributed by atoms with van der Waals surface area (Å²) in [6, 6.07) is 12.3. The van der Waals surface area contributed by atoms with Gasteiger partial charge in [-0.1, -0.05) is 24.3 Å². The standard InChI is InChI=1S/C23H24F2N2O3/c24-23(25)10-11-27(13-17-2-1-3-20-21(17)30-14-29-20)19(12-23)22(28)26-18-8-6-16(7-9-18)15-4-5-15/h1-3,6-9,15,19H,4-5,10-14H2,(H,26,28)/t19-/m1/s1. The molecule has 158 valence electrons. The molecule has 0 bridgehead atoms. The SMILES string of the molecule is O=C(Nc1ccc(C2CC2)cc1)[C@H]1CC(F)(F)CCN1Cc1cccc2c1OCO2. The van der Waals surface area contributed by atoms with E-state index in [1.165, 1.54) is 18.4 Å². The summed E-state index contributed by atoms with van der Waals surface area (Å²) in [5.41, 5.74) is 2.73. The summed E-state index contributed by atoms with van der Waals surface area (Å²) in [7, 11) is 0. The van der Waals surface area contributed by atoms with E-state index in [9.17, 15) is 13.6 Å². The quantitative estimate of drug-likeness (QED) is 0.781. The molecule has 1 saturated heterocycles. The molecule has 0 spiro atoms. The number of anilines is 1. The molecule has 0 radical (unpaired) electrons. The number of likely N-dealkylation sites (tertiary alicyclic amines) is 1. The second-order valence-corrected chi connectivity index (χ2v) is 8.33. The smallest absolute Gasteiger partial charge is 0.251 e. The first-order chi connectivity index (χ1) is 14.5. The highest BCUT2D eigenvalue weighted by Gasteiger charge is 2.43. The Bertz CT molecular complexity index is 944. The molecule has 1 amide bonds. The second kappa shape index (κ2) is 7.54. The van der Waals surface area contributed by atoms with Crippen LogP contribution in [0.25, 0.3) is 0 Å². The van der Waals surface area contributed by atoms with Gasteiger partial charge in [-0.2, -0.15) is 0 Å². The summed E-state index contributed by atoms with van der Waals surface area (Å²) in [5, 5.41) is 2.83. The summed E-state index contributed by atoms with van der Waals surface area (Å²) in [5.74, 6) is -1.36. The van der Waals surface area contributed by atoms with Gasteiger partial charge in [-0.3, -0.25) is 9.69 Å². The van der Waals surface area contributed by atoms with Crippen LogP contribution in [-0.2, 0) is 11.3 Å². The summed E-state index contributed by atoms with van der Waals surface area (Å²) in [6.07, 6.45) is 1.65. The van der Waals surface area contributed by atoms with E-state index < -0.39 is 24.3 Å². The highest BCUT2D eigenvalue weighted by molar-refractivity contribution is 5.95. The van der Waals surface area contributed by atoms with Crippen LogP contribution in [0.4, 0.5) is 14.5 Å². The number of amides is 1. The first-order valence-electron chi connectivity index (χ1n) is 10.4. The number of carbonyl (C=O) groups excluding carboxylic acids is 1. The fourth-order valence-electron chi connectivity index (χ4n) is 4.24. The third-order valence-electron chi connectivity index (χ3n) is 6.08. The van der Waals surface area contributed by atoms with Crippen LogP contribution in [0.3, 0.4) is 0 Å². The van der Waals surface area contributed by atoms with Gasteiger partial charge >= 0.3 is 0 Å². The average molecular weight is 414 g/mol. The van der Waals surface area contributed by atoms with Crippen LogP contribution in [-0.4, -0.2) is 36.1 Å². The molecule has 7 heteroatoms. The third kappa shape index (κ3) is 3.99. The van der Waals surface area contributed by atoms with Crippen molar-refractivity contribution in [2.75, 3.05) is 18.7 Å². The molecule has 5 rings (SSSR count). The van der Waals surface area contributed by atoms with E-state index in [0.717, 1.165) is 5.56 Å². The lowest BCUT2D eigenvalue weighted by molar-refractivity contribution is -0.133. The van der Waals surface area contributed by atoms with Crippen molar-refractivity contribution >= 4 is 11.6 Å². The van der Waals surface area contributed by atoms with Gasteiger partial charge < -0.3 is 14.8 Å². The van der Waals surface area contributed by atoms with Gasteiger partial charge in [0.2, 0.25) is 12.7 Å². The highest BCUT2D eigenvalue weighted by Crippen LogP contribution is 2.41. The Hall–Kier alpha value is -2.67. The number of nitrogens with zero attached hydrogens (tertiary/aromatic N) is 1. The molecule has 2 aromatic rings. The first-order valence-corrected chi connectivity index (χ1v) is 10.4. The van der Waals surface area contributed by atoms with Gasteiger partial charge in [0.15, 0.2) is 11.5 Å². The average Bonchev–Trinajstić information content (AvgIpc) is 3.46. The first kappa shape index (κ1) is 19.3. The number of hydrogen-bond donors (Lipinski definition) is 1. The molecule has 2 heterocycles. The minimum absolute atomic E-state index is 0.135. The molecule has 0 aromatic heterocycles. The number of carbonyl (C=O) groups is 1. The van der Waals surface area contributed by atoms with Gasteiger partial charge in [-0.15, -0.1) is 0 Å². The van der Waals surface area contributed by atoms with Crippen LogP contribution >= 0.6 is 0 Å². The lowest BCUT2D eigenvalue weighted by Crippen LogP contribution is -2.52. The molecule has 5 nitrogen and oxygen atoms in total. The number of halogens is 2. The molecule has 2 fully saturated rings. The topological polar surface area (TPSA) is 50.8 Å². The van der Waals surface area contributed by atoms with Crippen molar-refractivity contribution in [3.8, 4) is 11.5 Å². The van der Waals surface area contributed by atoms with Gasteiger partial charge in [-0.25, -0.2) is 8.78 Å². The Labute approximate surface area is 174 Å². The zero-order valence-electron chi connectivity index (χ0n) is 16.6. The van der Waals surface area contributed by atoms with Crippen LogP contribution in [0.5, 0.6) is 11.5 Å². The van der Waals surface area contributed by atoms with Crippen molar-refractivity contribution in [1.82, 2.24) is 4.90 Å². The van der Waals surface area contributed by atoms with E-state index in [0.29, 0.717) is 29.6 Å². The number of hydrogen-bond acceptors (Lipinski definition) is 4. The van der Waals surface area contributed by atoms with Gasteiger partial charge in [0.1, 0.15) is 0 Å². The normalized spacial score (nSPS) is 22.7. The van der Waals surface area contributed by atoms with Crippen molar-refractivity contribution in [2.45, 2.75) is 50.1 Å². The minimum atomic E-state index is -2.85. The van der Waals surface area contributed by atoms with Crippen molar-refractivity contribution < 1.29 is 23.0 Å². The minimum Gasteiger partial charge on any atom is -0.454 e. The van der Waals surface area contributed by atoms with Crippen LogP contribution < -0.4 is 14.8 Å². The second-order valence-electron chi connectivity index (χ2n) is 8.33. The van der Waals surface area contributed by atoms with Crippen LogP contribution in [0.1, 0.15) is 42.7 Å². The van der Waals surface area contributed by atoms with Gasteiger partial charge in [-0.05, 0) is 42.5 Å². The molecule has 1 atom stereocenters. The van der Waals surface area contributed by atoms with Crippen molar-refractivity contribution in [2.24, 2.45) is 0 Å². The lowest BCUT2D eigenvalue weighted by Gasteiger charge is -2.38. The number of piperidine rings is 1. The van der Waals surface area contributed by atoms with E-state index >= 15 is 0 Å². The number of nitrogens with one attached hydrogen (secondary N) is 1. The van der Waals surface area contributed by atoms with Crippen LogP contribution in [0.15, 0.2) is 42.5 Å². The maximum Gasteiger partial charge on any atom is 0.251 e. The van der Waals surface area contributed by atoms with Gasteiger partial charge in [0.25, 0.3) is 5.92 Å². The molecule has 1 saturated carbocycles. The summed E-state index contributed by atoms with van der Waals surface area (Å²) in [6.45, 7) is 0.628. The highest BCUT2D eigenvalue weighted by atomic mass is 19.3. The molecular formula is C23H24F2N2O3. The summed E-state index contributed by atoms with van der Waals surface area (Å²) < 4.78 is 39.3. The monoisotopic (exact) mass is 414 g/mol. The Morgan fingerprint density at radius 1 is 1.13 bits per heavy atom. The number of benzene rings is 2. The van der Waals surface area contributed by atoms with Gasteiger partial charge in [0.05, 0.1) is 6.04 Å². The molecule has 30 heavy (non-hydrogen) atoms. The summed E-state index contributed by atoms with van der Waals surface area (Å²) >= 11 is 0. The van der Waals surface area contributed by atoms with E-state index in [2.05, 4.69) is 5.32 Å². The van der Waals surface area contributed by atoms with E-state index in [-0.39, 0.29) is 19.8 Å². The molecule has 2 aliphatic heterocycles. The van der Waals surface area contributed by atoms with Gasteiger partial charge in [0, 0.05) is 37.2 Å². The number of alkyl halides is 2. The number of rotatable bonds is 5. The van der Waals surface area contributed by atoms with E-state index in [1.807, 2.05) is 47.4 Å². The largest absolute Gasteiger partial charge is 0.454 e. The van der Waals surface area contributed by atoms with E-state index in [4.69, 9.17) is 9.47 Å². The zero-order valence-corrected chi connectivity index (χ0v) is 16.6. The Morgan fingerprint density at radius 2 is 1.93 bits per heavy atom. The van der Waals surface area contributed by atoms with Crippen molar-refractivity contribution in [3.05, 3.63) is 53.6 Å². The Kier molecular flexibility index (Phi) is 4.85. The number of ether oxygens (including phenoxy) is 2. The molecule has 0 unspecified atom stereocenters. The predicted molar refractivity (Wildman–Crippen MR) is 108 cm³/mol. The number of fused-ring (bicyclic) bond motifs is 1. The van der Waals surface area contributed by atoms with Crippen LogP contribution in [0, 0.1) is 0 Å². The third-order valence-corrected chi connectivity index (χ3v) is 6.08.